The number of likely N-dealkylation sites (N-methyl/N-ethyl adjacent to an activating group) is 1. The van der Waals surface area contributed by atoms with Crippen molar-refractivity contribution in [1.29, 1.82) is 0 Å². The molecule has 22 heavy (non-hydrogen) atoms. The molecule has 2 heterocycles. The summed E-state index contributed by atoms with van der Waals surface area (Å²) in [6.07, 6.45) is 1.80. The summed E-state index contributed by atoms with van der Waals surface area (Å²) >= 11 is 0. The fourth-order valence-electron chi connectivity index (χ4n) is 3.59. The zero-order valence-corrected chi connectivity index (χ0v) is 13.4. The summed E-state index contributed by atoms with van der Waals surface area (Å²) < 4.78 is 12.5. The molecule has 1 aromatic rings. The maximum absolute atomic E-state index is 11.9. The highest BCUT2D eigenvalue weighted by Gasteiger charge is 2.65. The van der Waals surface area contributed by atoms with E-state index in [0.29, 0.717) is 10.9 Å². The lowest BCUT2D eigenvalue weighted by atomic mass is 9.67. The minimum absolute atomic E-state index is 0.0888. The first kappa shape index (κ1) is 15.1. The average Bonchev–Trinajstić information content (AvgIpc) is 2.85. The smallest absolute Gasteiger partial charge is 0.551 e. The quantitative estimate of drug-likeness (QED) is 0.636. The number of fused-ring (bicyclic) bond motifs is 1. The van der Waals surface area contributed by atoms with Gasteiger partial charge in [-0.15, -0.1) is 5.98 Å². The van der Waals surface area contributed by atoms with Crippen molar-refractivity contribution in [3.8, 4) is 0 Å². The molecule has 4 atom stereocenters. The molecule has 1 aromatic carbocycles. The van der Waals surface area contributed by atoms with Gasteiger partial charge < -0.3 is 13.7 Å². The highest BCUT2D eigenvalue weighted by Crippen LogP contribution is 2.47. The molecule has 0 spiro atoms. The van der Waals surface area contributed by atoms with E-state index in [1.54, 1.807) is 0 Å². The number of hydrogen-bond donors (Lipinski definition) is 0. The SMILES string of the molecule is C=C(C)/C=C/[B-]12OC(=O)C[N@+]1(C)[C@@H](C)[C@@H](c1ccccc1)O2. The first-order chi connectivity index (χ1) is 10.4. The Balaban J connectivity index is 2.03. The van der Waals surface area contributed by atoms with E-state index in [0.717, 1.165) is 11.1 Å². The van der Waals surface area contributed by atoms with Crippen LogP contribution >= 0.6 is 0 Å². The van der Waals surface area contributed by atoms with E-state index in [4.69, 9.17) is 9.31 Å². The third-order valence-electron chi connectivity index (χ3n) is 5.05. The standard InChI is InChI=1S/C17H22BNO3/c1-13(2)10-11-18-19(4,12-16(20)21-18)14(3)17(22-18)15-8-6-5-7-9-15/h5-11,14,17H,1,12H2,2-4H3/b11-10+/t14-,17-,18?,19+/m0/s1. The molecule has 0 aliphatic carbocycles. The van der Waals surface area contributed by atoms with Crippen molar-refractivity contribution < 1.29 is 18.5 Å². The van der Waals surface area contributed by atoms with Crippen LogP contribution in [-0.4, -0.2) is 36.7 Å². The molecule has 2 aliphatic heterocycles. The molecule has 0 aromatic heterocycles. The third-order valence-corrected chi connectivity index (χ3v) is 5.05. The molecule has 2 fully saturated rings. The van der Waals surface area contributed by atoms with Gasteiger partial charge in [0.25, 0.3) is 0 Å². The average molecular weight is 299 g/mol. The molecule has 0 amide bonds. The van der Waals surface area contributed by atoms with Gasteiger partial charge in [0.2, 0.25) is 0 Å². The molecule has 0 N–H and O–H groups in total. The maximum Gasteiger partial charge on any atom is 0.551 e. The lowest BCUT2D eigenvalue weighted by Crippen LogP contribution is -2.61. The van der Waals surface area contributed by atoms with E-state index < -0.39 is 6.69 Å². The van der Waals surface area contributed by atoms with Crippen molar-refractivity contribution in [3.05, 3.63) is 60.1 Å². The van der Waals surface area contributed by atoms with Crippen LogP contribution in [0, 0.1) is 0 Å². The molecule has 2 saturated heterocycles. The van der Waals surface area contributed by atoms with Crippen molar-refractivity contribution in [2.24, 2.45) is 0 Å². The fourth-order valence-corrected chi connectivity index (χ4v) is 3.59. The van der Waals surface area contributed by atoms with E-state index in [2.05, 4.69) is 25.6 Å². The summed E-state index contributed by atoms with van der Waals surface area (Å²) in [4.78, 5) is 11.9. The Bertz CT molecular complexity index is 645. The Labute approximate surface area is 131 Å². The molecule has 4 nitrogen and oxygen atoms in total. The second-order valence-electron chi connectivity index (χ2n) is 6.64. The Morgan fingerprint density at radius 3 is 2.73 bits per heavy atom. The zero-order valence-electron chi connectivity index (χ0n) is 13.4. The first-order valence-corrected chi connectivity index (χ1v) is 7.67. The monoisotopic (exact) mass is 299 g/mol. The molecule has 0 radical (unpaired) electrons. The minimum Gasteiger partial charge on any atom is -0.607 e. The normalized spacial score (nSPS) is 37.3. The zero-order chi connectivity index (χ0) is 16.0. The predicted molar refractivity (Wildman–Crippen MR) is 86.6 cm³/mol. The fraction of sp³-hybridized carbons (Fsp3) is 0.353. The number of allylic oxidation sites excluding steroid dienone is 2. The Kier molecular flexibility index (Phi) is 3.50. The lowest BCUT2D eigenvalue weighted by molar-refractivity contribution is -0.822. The van der Waals surface area contributed by atoms with Crippen LogP contribution < -0.4 is 0 Å². The van der Waals surface area contributed by atoms with Gasteiger partial charge in [0.1, 0.15) is 6.54 Å². The third kappa shape index (κ3) is 2.12. The van der Waals surface area contributed by atoms with Gasteiger partial charge in [-0.2, -0.15) is 0 Å². The summed E-state index contributed by atoms with van der Waals surface area (Å²) in [5, 5.41) is 0. The number of hydrogen-bond acceptors (Lipinski definition) is 3. The second-order valence-corrected chi connectivity index (χ2v) is 6.64. The molecule has 2 aliphatic rings. The number of rotatable bonds is 3. The summed E-state index contributed by atoms with van der Waals surface area (Å²) in [6, 6.07) is 10.2. The van der Waals surface area contributed by atoms with Crippen LogP contribution in [0.3, 0.4) is 0 Å². The maximum atomic E-state index is 11.9. The van der Waals surface area contributed by atoms with Crippen LogP contribution in [-0.2, 0) is 14.1 Å². The molecule has 1 unspecified atom stereocenters. The molecule has 5 heteroatoms. The largest absolute Gasteiger partial charge is 0.607 e. The van der Waals surface area contributed by atoms with Gasteiger partial charge in [-0.3, -0.25) is 4.79 Å². The van der Waals surface area contributed by atoms with Gasteiger partial charge >= 0.3 is 12.7 Å². The number of benzene rings is 1. The summed E-state index contributed by atoms with van der Waals surface area (Å²) in [5.41, 5.74) is 2.02. The van der Waals surface area contributed by atoms with E-state index in [9.17, 15) is 4.79 Å². The summed E-state index contributed by atoms with van der Waals surface area (Å²) in [5.74, 6) is 1.69. The Morgan fingerprint density at radius 1 is 1.41 bits per heavy atom. The van der Waals surface area contributed by atoms with E-state index in [1.165, 1.54) is 0 Å². The number of quaternary nitrogens is 1. The van der Waals surface area contributed by atoms with Crippen molar-refractivity contribution >= 4 is 12.7 Å². The van der Waals surface area contributed by atoms with Crippen LogP contribution in [0.25, 0.3) is 0 Å². The van der Waals surface area contributed by atoms with Gasteiger partial charge in [0.15, 0.2) is 0 Å². The number of nitrogens with zero attached hydrogens (tertiary/aromatic N) is 1. The van der Waals surface area contributed by atoms with Crippen molar-refractivity contribution in [2.45, 2.75) is 26.0 Å². The molecule has 0 bridgehead atoms. The Hall–Kier alpha value is -1.85. The van der Waals surface area contributed by atoms with Crippen LogP contribution in [0.15, 0.2) is 54.5 Å². The van der Waals surface area contributed by atoms with Gasteiger partial charge in [0.05, 0.1) is 12.1 Å². The minimum atomic E-state index is -1.85. The van der Waals surface area contributed by atoms with E-state index >= 15 is 0 Å². The van der Waals surface area contributed by atoms with Crippen molar-refractivity contribution in [3.63, 3.8) is 0 Å². The Morgan fingerprint density at radius 2 is 2.09 bits per heavy atom. The molecular formula is C17H22BNO3. The van der Waals surface area contributed by atoms with E-state index in [1.807, 2.05) is 44.2 Å². The second kappa shape index (κ2) is 5.11. The van der Waals surface area contributed by atoms with Crippen LogP contribution in [0.5, 0.6) is 0 Å². The van der Waals surface area contributed by atoms with Crippen LogP contribution in [0.1, 0.15) is 25.5 Å². The van der Waals surface area contributed by atoms with Crippen molar-refractivity contribution in [2.75, 3.05) is 13.6 Å². The highest BCUT2D eigenvalue weighted by atomic mass is 16.7. The van der Waals surface area contributed by atoms with Crippen LogP contribution in [0.4, 0.5) is 0 Å². The summed E-state index contributed by atoms with van der Waals surface area (Å²) in [6.45, 7) is 6.41. The van der Waals surface area contributed by atoms with Crippen LogP contribution in [0.2, 0.25) is 0 Å². The van der Waals surface area contributed by atoms with Gasteiger partial charge in [-0.1, -0.05) is 48.6 Å². The number of carbonyl (C=O) groups is 1. The predicted octanol–water partition coefficient (Wildman–Crippen LogP) is 2.76. The van der Waals surface area contributed by atoms with Gasteiger partial charge in [-0.05, 0) is 19.4 Å². The van der Waals surface area contributed by atoms with Crippen molar-refractivity contribution in [1.82, 2.24) is 0 Å². The topological polar surface area (TPSA) is 35.5 Å². The van der Waals surface area contributed by atoms with Gasteiger partial charge in [0, 0.05) is 7.05 Å². The summed E-state index contributed by atoms with van der Waals surface area (Å²) in [7, 11) is 2.04. The first-order valence-electron chi connectivity index (χ1n) is 7.67. The molecule has 3 rings (SSSR count). The van der Waals surface area contributed by atoms with E-state index in [-0.39, 0.29) is 18.1 Å². The lowest BCUT2D eigenvalue weighted by Gasteiger charge is -2.43. The highest BCUT2D eigenvalue weighted by molar-refractivity contribution is 6.68. The molecule has 116 valence electrons. The number of carbonyl (C=O) groups excluding carboxylic acids is 1. The molecular weight excluding hydrogens is 277 g/mol. The molecule has 0 saturated carbocycles. The van der Waals surface area contributed by atoms with Gasteiger partial charge in [-0.25, -0.2) is 0 Å².